The van der Waals surface area contributed by atoms with E-state index in [0.29, 0.717) is 23.6 Å². The molecule has 34 heavy (non-hydrogen) atoms. The highest BCUT2D eigenvalue weighted by Crippen LogP contribution is 2.22. The predicted octanol–water partition coefficient (Wildman–Crippen LogP) is 5.27. The molecule has 1 fully saturated rings. The zero-order valence-corrected chi connectivity index (χ0v) is 19.4. The second kappa shape index (κ2) is 10.9. The number of aromatic nitrogens is 1. The van der Waals surface area contributed by atoms with Crippen LogP contribution >= 0.6 is 0 Å². The molecule has 0 aliphatic carbocycles. The van der Waals surface area contributed by atoms with Crippen LogP contribution in [-0.2, 0) is 11.3 Å². The van der Waals surface area contributed by atoms with Crippen LogP contribution in [-0.4, -0.2) is 40.6 Å². The molecule has 1 aliphatic rings. The third kappa shape index (κ3) is 5.76. The Labute approximate surface area is 200 Å². The molecule has 0 spiro atoms. The van der Waals surface area contributed by atoms with Gasteiger partial charge in [0.05, 0.1) is 5.69 Å². The Morgan fingerprint density at radius 2 is 1.79 bits per heavy atom. The minimum Gasteiger partial charge on any atom is -0.479 e. The third-order valence-corrected chi connectivity index (χ3v) is 6.04. The van der Waals surface area contributed by atoms with Crippen LogP contribution in [0.15, 0.2) is 72.9 Å². The molecule has 0 saturated carbocycles. The van der Waals surface area contributed by atoms with Crippen molar-refractivity contribution in [3.05, 3.63) is 89.8 Å². The van der Waals surface area contributed by atoms with Crippen LogP contribution in [0.4, 0.5) is 5.69 Å². The Balaban J connectivity index is 1.40. The fourth-order valence-electron chi connectivity index (χ4n) is 4.15. The average molecular weight is 459 g/mol. The van der Waals surface area contributed by atoms with Crippen molar-refractivity contribution in [1.82, 2.24) is 4.57 Å². The van der Waals surface area contributed by atoms with Gasteiger partial charge in [-0.1, -0.05) is 24.3 Å². The van der Waals surface area contributed by atoms with Crippen LogP contribution in [0.1, 0.15) is 47.8 Å². The van der Waals surface area contributed by atoms with Gasteiger partial charge >= 0.3 is 5.97 Å². The Bertz CT molecular complexity index is 1160. The van der Waals surface area contributed by atoms with Crippen molar-refractivity contribution in [2.24, 2.45) is 0 Å². The summed E-state index contributed by atoms with van der Waals surface area (Å²) < 4.78 is 7.35. The summed E-state index contributed by atoms with van der Waals surface area (Å²) in [4.78, 5) is 26.5. The summed E-state index contributed by atoms with van der Waals surface area (Å²) >= 11 is 0. The Hall–Kier alpha value is -3.80. The quantitative estimate of drug-likeness (QED) is 0.442. The van der Waals surface area contributed by atoms with E-state index in [1.54, 1.807) is 12.1 Å². The first kappa shape index (κ1) is 23.4. The molecule has 1 unspecified atom stereocenters. The number of rotatable bonds is 9. The molecule has 4 rings (SSSR count). The molecule has 1 aliphatic heterocycles. The molecule has 2 aromatic carbocycles. The summed E-state index contributed by atoms with van der Waals surface area (Å²) in [6, 6.07) is 18.9. The number of hydrogen-bond donors (Lipinski definition) is 1. The first-order chi connectivity index (χ1) is 16.5. The van der Waals surface area contributed by atoms with E-state index in [1.807, 2.05) is 71.4 Å². The molecule has 2 heterocycles. The molecule has 0 radical (unpaired) electrons. The van der Waals surface area contributed by atoms with Gasteiger partial charge in [-0.05, 0) is 80.3 Å². The smallest absolute Gasteiger partial charge is 0.344 e. The molecule has 3 aromatic rings. The van der Waals surface area contributed by atoms with Crippen molar-refractivity contribution in [2.75, 3.05) is 18.0 Å². The molecule has 176 valence electrons. The number of hydrogen-bond acceptors (Lipinski definition) is 4. The molecule has 1 atom stereocenters. The fraction of sp³-hybridized carbons (Fsp3) is 0.286. The highest BCUT2D eigenvalue weighted by molar-refractivity contribution is 6.08. The average Bonchev–Trinajstić information content (AvgIpc) is 3.33. The van der Waals surface area contributed by atoms with Crippen molar-refractivity contribution >= 4 is 23.5 Å². The van der Waals surface area contributed by atoms with E-state index in [4.69, 9.17) is 9.84 Å². The topological polar surface area (TPSA) is 71.8 Å². The lowest BCUT2D eigenvalue weighted by molar-refractivity contribution is -0.144. The second-order valence-corrected chi connectivity index (χ2v) is 8.54. The number of aliphatic carboxylic acids is 1. The van der Waals surface area contributed by atoms with Gasteiger partial charge in [0.25, 0.3) is 0 Å². The summed E-state index contributed by atoms with van der Waals surface area (Å²) in [6.45, 7) is 4.19. The minimum absolute atomic E-state index is 0.00153. The predicted molar refractivity (Wildman–Crippen MR) is 134 cm³/mol. The fourth-order valence-corrected chi connectivity index (χ4v) is 4.15. The van der Waals surface area contributed by atoms with Gasteiger partial charge in [-0.3, -0.25) is 4.79 Å². The molecule has 6 nitrogen and oxygen atoms in total. The number of ketones is 1. The van der Waals surface area contributed by atoms with Gasteiger partial charge in [-0.15, -0.1) is 0 Å². The number of carboxylic acids is 1. The van der Waals surface area contributed by atoms with Crippen LogP contribution < -0.4 is 9.64 Å². The Kier molecular flexibility index (Phi) is 7.48. The van der Waals surface area contributed by atoms with Gasteiger partial charge in [0, 0.05) is 37.1 Å². The molecule has 0 amide bonds. The minimum atomic E-state index is -1.01. The van der Waals surface area contributed by atoms with E-state index >= 15 is 0 Å². The number of carboxylic acid groups (broad SMARTS) is 1. The molecular weight excluding hydrogens is 428 g/mol. The molecule has 0 bridgehead atoms. The summed E-state index contributed by atoms with van der Waals surface area (Å²) in [5.74, 6) is -0.504. The number of nitrogens with zero attached hydrogens (tertiary/aromatic N) is 2. The van der Waals surface area contributed by atoms with Gasteiger partial charge in [0.2, 0.25) is 5.78 Å². The van der Waals surface area contributed by atoms with Gasteiger partial charge < -0.3 is 19.3 Å². The van der Waals surface area contributed by atoms with Crippen molar-refractivity contribution < 1.29 is 19.4 Å². The van der Waals surface area contributed by atoms with Crippen molar-refractivity contribution in [2.45, 2.75) is 38.8 Å². The highest BCUT2D eigenvalue weighted by atomic mass is 16.5. The number of anilines is 1. The van der Waals surface area contributed by atoms with Crippen LogP contribution in [0.2, 0.25) is 0 Å². The van der Waals surface area contributed by atoms with Gasteiger partial charge in [0.15, 0.2) is 6.10 Å². The van der Waals surface area contributed by atoms with E-state index in [1.165, 1.54) is 31.9 Å². The normalized spacial score (nSPS) is 14.8. The summed E-state index contributed by atoms with van der Waals surface area (Å²) in [5.41, 5.74) is 3.40. The molecule has 1 aromatic heterocycles. The summed E-state index contributed by atoms with van der Waals surface area (Å²) in [7, 11) is 0. The van der Waals surface area contributed by atoms with E-state index < -0.39 is 12.1 Å². The lowest BCUT2D eigenvalue weighted by Gasteiger charge is -2.28. The summed E-state index contributed by atoms with van der Waals surface area (Å²) in [6.07, 6.45) is 8.62. The first-order valence-electron chi connectivity index (χ1n) is 11.7. The number of carbonyl (C=O) groups is 2. The van der Waals surface area contributed by atoms with Crippen LogP contribution in [0, 0.1) is 0 Å². The van der Waals surface area contributed by atoms with Gasteiger partial charge in [0.1, 0.15) is 5.75 Å². The van der Waals surface area contributed by atoms with Crippen molar-refractivity contribution in [3.63, 3.8) is 0 Å². The third-order valence-electron chi connectivity index (χ3n) is 6.04. The lowest BCUT2D eigenvalue weighted by Crippen LogP contribution is -2.29. The van der Waals surface area contributed by atoms with Crippen molar-refractivity contribution in [1.29, 1.82) is 0 Å². The maximum absolute atomic E-state index is 13.1. The lowest BCUT2D eigenvalue weighted by atomic mass is 10.1. The molecular formula is C28H30N2O4. The largest absolute Gasteiger partial charge is 0.479 e. The first-order valence-corrected chi connectivity index (χ1v) is 11.7. The monoisotopic (exact) mass is 458 g/mol. The highest BCUT2D eigenvalue weighted by Gasteiger charge is 2.15. The number of ether oxygens (including phenoxy) is 1. The van der Waals surface area contributed by atoms with E-state index in [0.717, 1.165) is 18.7 Å². The van der Waals surface area contributed by atoms with Crippen LogP contribution in [0.25, 0.3) is 6.08 Å². The van der Waals surface area contributed by atoms with E-state index in [2.05, 4.69) is 4.90 Å². The van der Waals surface area contributed by atoms with Crippen LogP contribution in [0.3, 0.4) is 0 Å². The molecule has 6 heteroatoms. The Morgan fingerprint density at radius 3 is 2.53 bits per heavy atom. The number of allylic oxidation sites excluding steroid dienone is 1. The SMILES string of the molecule is CC(Oc1cccc(/C=C/Cn2cccc2C(=O)c2ccc(N3CCCCC3)cc2)c1)C(=O)O. The molecule has 1 saturated heterocycles. The second-order valence-electron chi connectivity index (χ2n) is 8.54. The standard InChI is InChI=1S/C28H30N2O4/c1-21(28(32)33)34-25-10-5-8-22(20-25)9-6-18-30-19-7-11-26(30)27(31)23-12-14-24(15-13-23)29-16-3-2-4-17-29/h5-15,19-21H,2-4,16-18H2,1H3,(H,32,33)/b9-6+. The maximum Gasteiger partial charge on any atom is 0.344 e. The van der Waals surface area contributed by atoms with E-state index in [-0.39, 0.29) is 5.78 Å². The summed E-state index contributed by atoms with van der Waals surface area (Å²) in [5, 5.41) is 9.01. The number of carbonyl (C=O) groups excluding carboxylic acids is 1. The van der Waals surface area contributed by atoms with Gasteiger partial charge in [-0.25, -0.2) is 4.79 Å². The van der Waals surface area contributed by atoms with Gasteiger partial charge in [-0.2, -0.15) is 0 Å². The number of benzene rings is 2. The van der Waals surface area contributed by atoms with Crippen molar-refractivity contribution in [3.8, 4) is 5.75 Å². The zero-order chi connectivity index (χ0) is 23.9. The zero-order valence-electron chi connectivity index (χ0n) is 19.4. The van der Waals surface area contributed by atoms with E-state index in [9.17, 15) is 9.59 Å². The molecule has 1 N–H and O–H groups in total. The number of piperidine rings is 1. The maximum atomic E-state index is 13.1. The van der Waals surface area contributed by atoms with Crippen LogP contribution in [0.5, 0.6) is 5.75 Å². The Morgan fingerprint density at radius 1 is 1.03 bits per heavy atom.